The number of nitrogens with one attached hydrogen (secondary N) is 1. The first-order valence-electron chi connectivity index (χ1n) is 27.7. The number of carbonyl (C=O) groups excluding carboxylic acids is 1. The minimum absolute atomic E-state index is 0.0369. The van der Waals surface area contributed by atoms with Gasteiger partial charge in [-0.05, 0) is 77.0 Å². The summed E-state index contributed by atoms with van der Waals surface area (Å²) in [7, 11) is 0. The largest absolute Gasteiger partial charge is 0.394 e. The number of hydrogen-bond acceptors (Lipinski definition) is 10. The highest BCUT2D eigenvalue weighted by atomic mass is 16.7. The van der Waals surface area contributed by atoms with Crippen LogP contribution < -0.4 is 5.32 Å². The van der Waals surface area contributed by atoms with Crippen molar-refractivity contribution in [2.24, 2.45) is 0 Å². The Morgan fingerprint density at radius 1 is 0.529 bits per heavy atom. The Bertz CT molecular complexity index is 1290. The monoisotopic (exact) mass is 962 g/mol. The molecule has 0 aromatic rings. The number of hydrogen-bond donors (Lipinski definition) is 8. The van der Waals surface area contributed by atoms with Crippen molar-refractivity contribution in [1.29, 1.82) is 0 Å². The van der Waals surface area contributed by atoms with Crippen LogP contribution in [0.2, 0.25) is 0 Å². The minimum atomic E-state index is -1.69. The summed E-state index contributed by atoms with van der Waals surface area (Å²) in [6, 6.07) is -1.23. The molecule has 1 rings (SSSR count). The van der Waals surface area contributed by atoms with Gasteiger partial charge in [0.2, 0.25) is 5.91 Å². The predicted octanol–water partition coefficient (Wildman–Crippen LogP) is 11.1. The van der Waals surface area contributed by atoms with Crippen molar-refractivity contribution in [3.63, 3.8) is 0 Å². The zero-order valence-corrected chi connectivity index (χ0v) is 43.1. The van der Waals surface area contributed by atoms with Crippen LogP contribution in [0.15, 0.2) is 60.8 Å². The highest BCUT2D eigenvalue weighted by molar-refractivity contribution is 5.81. The molecule has 1 aliphatic rings. The van der Waals surface area contributed by atoms with Crippen LogP contribution in [0.4, 0.5) is 0 Å². The summed E-state index contributed by atoms with van der Waals surface area (Å²) >= 11 is 0. The van der Waals surface area contributed by atoms with E-state index in [1.54, 1.807) is 6.08 Å². The molecule has 0 radical (unpaired) electrons. The van der Waals surface area contributed by atoms with Gasteiger partial charge in [0.15, 0.2) is 6.29 Å². The molecule has 9 unspecified atom stereocenters. The van der Waals surface area contributed by atoms with Crippen LogP contribution in [-0.2, 0) is 14.3 Å². The van der Waals surface area contributed by atoms with Crippen molar-refractivity contribution in [3.05, 3.63) is 60.8 Å². The lowest BCUT2D eigenvalue weighted by molar-refractivity contribution is -0.303. The molecule has 0 spiro atoms. The van der Waals surface area contributed by atoms with E-state index in [1.165, 1.54) is 141 Å². The third-order valence-corrected chi connectivity index (χ3v) is 13.0. The second kappa shape index (κ2) is 45.9. The first kappa shape index (κ1) is 63.8. The molecule has 1 amide bonds. The first-order valence-corrected chi connectivity index (χ1v) is 27.7. The minimum Gasteiger partial charge on any atom is -0.394 e. The molecule has 11 heteroatoms. The number of ether oxygens (including phenoxy) is 2. The fraction of sp³-hybridized carbons (Fsp3) is 0.807. The molecule has 68 heavy (non-hydrogen) atoms. The van der Waals surface area contributed by atoms with E-state index in [-0.39, 0.29) is 12.8 Å². The second-order valence-corrected chi connectivity index (χ2v) is 19.3. The molecule has 1 aliphatic heterocycles. The van der Waals surface area contributed by atoms with Crippen LogP contribution >= 0.6 is 0 Å². The Hall–Kier alpha value is -2.19. The molecule has 396 valence electrons. The number of unbranched alkanes of at least 4 members (excludes halogenated alkanes) is 25. The molecule has 0 aromatic heterocycles. The van der Waals surface area contributed by atoms with Gasteiger partial charge >= 0.3 is 0 Å². The van der Waals surface area contributed by atoms with Gasteiger partial charge in [0, 0.05) is 6.42 Å². The van der Waals surface area contributed by atoms with Crippen molar-refractivity contribution < 1.29 is 50.0 Å². The van der Waals surface area contributed by atoms with E-state index in [1.807, 2.05) is 6.08 Å². The Labute approximate surface area is 414 Å². The highest BCUT2D eigenvalue weighted by Crippen LogP contribution is 2.23. The van der Waals surface area contributed by atoms with E-state index in [0.29, 0.717) is 19.3 Å². The van der Waals surface area contributed by atoms with E-state index in [4.69, 9.17) is 9.47 Å². The molecule has 1 saturated heterocycles. The van der Waals surface area contributed by atoms with Crippen LogP contribution in [0.3, 0.4) is 0 Å². The van der Waals surface area contributed by atoms with Crippen molar-refractivity contribution in [2.45, 2.75) is 281 Å². The van der Waals surface area contributed by atoms with Gasteiger partial charge in [0.25, 0.3) is 0 Å². The maximum absolute atomic E-state index is 13.1. The highest BCUT2D eigenvalue weighted by Gasteiger charge is 2.44. The normalized spacial score (nSPS) is 21.0. The summed E-state index contributed by atoms with van der Waals surface area (Å²) in [4.78, 5) is 13.1. The topological polar surface area (TPSA) is 189 Å². The number of allylic oxidation sites excluding steroid dienone is 9. The van der Waals surface area contributed by atoms with Gasteiger partial charge in [-0.3, -0.25) is 4.79 Å². The molecule has 8 N–H and O–H groups in total. The fourth-order valence-electron chi connectivity index (χ4n) is 8.46. The van der Waals surface area contributed by atoms with E-state index in [9.17, 15) is 40.5 Å². The molecule has 0 bridgehead atoms. The van der Waals surface area contributed by atoms with Crippen molar-refractivity contribution in [3.8, 4) is 0 Å². The summed E-state index contributed by atoms with van der Waals surface area (Å²) < 4.78 is 11.1. The lowest BCUT2D eigenvalue weighted by atomic mass is 9.99. The van der Waals surface area contributed by atoms with Crippen molar-refractivity contribution in [2.75, 3.05) is 13.2 Å². The molecule has 0 saturated carbocycles. The predicted molar refractivity (Wildman–Crippen MR) is 279 cm³/mol. The second-order valence-electron chi connectivity index (χ2n) is 19.3. The lowest BCUT2D eigenvalue weighted by Gasteiger charge is -2.40. The smallest absolute Gasteiger partial charge is 0.249 e. The van der Waals surface area contributed by atoms with E-state index < -0.39 is 74.2 Å². The maximum Gasteiger partial charge on any atom is 0.249 e. The Morgan fingerprint density at radius 2 is 0.941 bits per heavy atom. The Morgan fingerprint density at radius 3 is 1.41 bits per heavy atom. The summed E-state index contributed by atoms with van der Waals surface area (Å²) in [5.74, 6) is -0.781. The average Bonchev–Trinajstić information content (AvgIpc) is 3.34. The third-order valence-electron chi connectivity index (χ3n) is 13.0. The van der Waals surface area contributed by atoms with Crippen LogP contribution in [0.1, 0.15) is 226 Å². The van der Waals surface area contributed by atoms with Crippen molar-refractivity contribution >= 4 is 5.91 Å². The van der Waals surface area contributed by atoms with Gasteiger partial charge in [0.05, 0.1) is 25.4 Å². The number of aliphatic hydroxyl groups excluding tert-OH is 7. The SMILES string of the molecule is CCCCCCCC/C=C\C/C=C\CC(O)C(=O)NC(COC1OC(CO)C(O)C(O)C1O)C(O)C(O)CCC/C=C/CC/C=C/CC/C=C/CCCCCCCCCCCCCCCCCC. The number of carbonyl (C=O) groups is 1. The van der Waals surface area contributed by atoms with Gasteiger partial charge in [-0.2, -0.15) is 0 Å². The average molecular weight is 962 g/mol. The molecule has 1 heterocycles. The molecule has 1 fully saturated rings. The number of aliphatic hydroxyl groups is 7. The zero-order chi connectivity index (χ0) is 49.7. The van der Waals surface area contributed by atoms with Crippen LogP contribution in [-0.4, -0.2) is 110 Å². The van der Waals surface area contributed by atoms with Crippen LogP contribution in [0.25, 0.3) is 0 Å². The summed E-state index contributed by atoms with van der Waals surface area (Å²) in [6.45, 7) is 3.37. The fourth-order valence-corrected chi connectivity index (χ4v) is 8.46. The van der Waals surface area contributed by atoms with Gasteiger partial charge in [-0.1, -0.05) is 203 Å². The van der Waals surface area contributed by atoms with Gasteiger partial charge in [-0.25, -0.2) is 0 Å². The maximum atomic E-state index is 13.1. The lowest BCUT2D eigenvalue weighted by Crippen LogP contribution is -2.60. The Kier molecular flexibility index (Phi) is 43.1. The van der Waals surface area contributed by atoms with E-state index >= 15 is 0 Å². The van der Waals surface area contributed by atoms with Gasteiger partial charge in [-0.15, -0.1) is 0 Å². The quantitative estimate of drug-likeness (QED) is 0.0215. The van der Waals surface area contributed by atoms with Gasteiger partial charge < -0.3 is 50.5 Å². The van der Waals surface area contributed by atoms with Crippen molar-refractivity contribution in [1.82, 2.24) is 5.32 Å². The summed E-state index contributed by atoms with van der Waals surface area (Å²) in [5.41, 5.74) is 0. The van der Waals surface area contributed by atoms with E-state index in [0.717, 1.165) is 38.5 Å². The standard InChI is InChI=1S/C57H103NO10/c1-3-5-7-9-11-13-15-17-18-19-20-21-22-23-24-25-26-27-28-29-30-31-32-33-35-36-38-40-42-44-49(60)52(62)48(47-67-57-55(65)54(64)53(63)51(46-59)68-57)58-56(66)50(61)45-43-41-39-37-34-16-14-12-10-8-6-4-2/h27-28,31-32,34,36-38,41,43,48-55,57,59-65H,3-26,29-30,33,35,39-40,42,44-47H2,1-2H3,(H,58,66)/b28-27+,32-31+,37-34-,38-36+,43-41-. The van der Waals surface area contributed by atoms with Crippen LogP contribution in [0, 0.1) is 0 Å². The van der Waals surface area contributed by atoms with Gasteiger partial charge in [0.1, 0.15) is 36.6 Å². The molecule has 0 aromatic carbocycles. The summed E-state index contributed by atoms with van der Waals surface area (Å²) in [5, 5.41) is 75.7. The molecule has 11 nitrogen and oxygen atoms in total. The third kappa shape index (κ3) is 34.2. The zero-order valence-electron chi connectivity index (χ0n) is 43.1. The molecular formula is C57H103NO10. The number of rotatable bonds is 46. The molecular weight excluding hydrogens is 859 g/mol. The Balaban J connectivity index is 2.34. The molecule has 0 aliphatic carbocycles. The molecule has 9 atom stereocenters. The number of amides is 1. The van der Waals surface area contributed by atoms with E-state index in [2.05, 4.69) is 67.8 Å². The first-order chi connectivity index (χ1) is 33.2. The summed E-state index contributed by atoms with van der Waals surface area (Å²) in [6.07, 6.45) is 47.5. The van der Waals surface area contributed by atoms with Crippen LogP contribution in [0.5, 0.6) is 0 Å².